The van der Waals surface area contributed by atoms with Gasteiger partial charge >= 0.3 is 0 Å². The highest BCUT2D eigenvalue weighted by Crippen LogP contribution is 2.19. The number of H-pyrrole nitrogens is 1. The number of hydrogen-bond donors (Lipinski definition) is 1. The molecule has 20 heavy (non-hydrogen) atoms. The van der Waals surface area contributed by atoms with Gasteiger partial charge in [0.1, 0.15) is 11.4 Å². The van der Waals surface area contributed by atoms with Crippen LogP contribution in [-0.4, -0.2) is 9.97 Å². The average Bonchev–Trinajstić information content (AvgIpc) is 2.48. The fourth-order valence-corrected chi connectivity index (χ4v) is 2.03. The Morgan fingerprint density at radius 2 is 1.40 bits per heavy atom. The first kappa shape index (κ1) is 12.3. The molecule has 0 bridgehead atoms. The maximum Gasteiger partial charge on any atom is 0.262 e. The van der Waals surface area contributed by atoms with E-state index in [0.717, 1.165) is 0 Å². The Bertz CT molecular complexity index is 783. The monoisotopic (exact) mass is 266 g/mol. The number of hydrogen-bond acceptors (Lipinski definition) is 2. The van der Waals surface area contributed by atoms with Crippen molar-refractivity contribution in [1.29, 1.82) is 0 Å². The molecule has 4 heteroatoms. The van der Waals surface area contributed by atoms with E-state index < -0.39 is 11.5 Å². The van der Waals surface area contributed by atoms with Crippen molar-refractivity contribution < 1.29 is 4.39 Å². The summed E-state index contributed by atoms with van der Waals surface area (Å²) in [7, 11) is 0. The van der Waals surface area contributed by atoms with E-state index in [2.05, 4.69) is 9.97 Å². The van der Waals surface area contributed by atoms with Gasteiger partial charge in [0.05, 0.1) is 0 Å². The van der Waals surface area contributed by atoms with Gasteiger partial charge in [0.2, 0.25) is 5.95 Å². The van der Waals surface area contributed by atoms with Gasteiger partial charge < -0.3 is 4.98 Å². The first-order chi connectivity index (χ1) is 9.75. The molecule has 0 saturated carbocycles. The van der Waals surface area contributed by atoms with E-state index in [9.17, 15) is 9.18 Å². The van der Waals surface area contributed by atoms with Crippen LogP contribution < -0.4 is 5.56 Å². The van der Waals surface area contributed by atoms with Crippen LogP contribution in [0.4, 0.5) is 4.39 Å². The van der Waals surface area contributed by atoms with Crippen molar-refractivity contribution in [3.05, 3.63) is 77.0 Å². The molecule has 98 valence electrons. The average molecular weight is 266 g/mol. The Kier molecular flexibility index (Phi) is 3.13. The van der Waals surface area contributed by atoms with Crippen LogP contribution in [0.25, 0.3) is 22.5 Å². The van der Waals surface area contributed by atoms with Gasteiger partial charge in [-0.1, -0.05) is 60.7 Å². The fourth-order valence-electron chi connectivity index (χ4n) is 2.03. The Morgan fingerprint density at radius 3 is 1.95 bits per heavy atom. The third-order valence-electron chi connectivity index (χ3n) is 2.98. The van der Waals surface area contributed by atoms with Crippen LogP contribution >= 0.6 is 0 Å². The largest absolute Gasteiger partial charge is 0.306 e. The van der Waals surface area contributed by atoms with Crippen LogP contribution in [0.3, 0.4) is 0 Å². The van der Waals surface area contributed by atoms with Crippen molar-refractivity contribution in [2.24, 2.45) is 0 Å². The molecule has 0 aliphatic heterocycles. The lowest BCUT2D eigenvalue weighted by Crippen LogP contribution is -2.14. The zero-order valence-electron chi connectivity index (χ0n) is 10.5. The molecule has 0 saturated heterocycles. The van der Waals surface area contributed by atoms with Crippen molar-refractivity contribution >= 4 is 0 Å². The summed E-state index contributed by atoms with van der Waals surface area (Å²) in [6, 6.07) is 17.6. The maximum atomic E-state index is 14.2. The van der Waals surface area contributed by atoms with Gasteiger partial charge in [0.15, 0.2) is 0 Å². The Balaban J connectivity index is 2.16. The maximum absolute atomic E-state index is 14.2. The molecule has 0 aliphatic rings. The van der Waals surface area contributed by atoms with E-state index in [-0.39, 0.29) is 11.4 Å². The van der Waals surface area contributed by atoms with Gasteiger partial charge in [-0.15, -0.1) is 0 Å². The molecule has 1 heterocycles. The van der Waals surface area contributed by atoms with Gasteiger partial charge in [0.25, 0.3) is 5.56 Å². The molecule has 3 nitrogen and oxygen atoms in total. The number of aromatic amines is 1. The van der Waals surface area contributed by atoms with Crippen LogP contribution in [0.2, 0.25) is 0 Å². The minimum atomic E-state index is -0.765. The normalized spacial score (nSPS) is 10.4. The van der Waals surface area contributed by atoms with Gasteiger partial charge in [0, 0.05) is 5.56 Å². The molecule has 3 rings (SSSR count). The molecule has 0 unspecified atom stereocenters. The predicted molar refractivity (Wildman–Crippen MR) is 75.7 cm³/mol. The molecular weight excluding hydrogens is 255 g/mol. The fraction of sp³-hybridized carbons (Fsp3) is 0. The van der Waals surface area contributed by atoms with E-state index in [1.54, 1.807) is 54.6 Å². The second-order valence-electron chi connectivity index (χ2n) is 4.31. The molecular formula is C16H11FN2O. The molecule has 0 radical (unpaired) electrons. The minimum Gasteiger partial charge on any atom is -0.306 e. The SMILES string of the molecule is O=c1[nH]c(-c2ccccc2)nc(F)c1-c1ccccc1. The second kappa shape index (κ2) is 5.09. The third-order valence-corrected chi connectivity index (χ3v) is 2.98. The summed E-state index contributed by atoms with van der Waals surface area (Å²) >= 11 is 0. The number of benzene rings is 2. The Labute approximate surface area is 114 Å². The van der Waals surface area contributed by atoms with Crippen LogP contribution in [-0.2, 0) is 0 Å². The van der Waals surface area contributed by atoms with Gasteiger partial charge in [-0.3, -0.25) is 4.79 Å². The van der Waals surface area contributed by atoms with Crippen molar-refractivity contribution in [3.8, 4) is 22.5 Å². The number of rotatable bonds is 2. The molecule has 3 aromatic rings. The number of halogens is 1. The number of nitrogens with one attached hydrogen (secondary N) is 1. The molecule has 0 fully saturated rings. The van der Waals surface area contributed by atoms with E-state index in [1.165, 1.54) is 0 Å². The van der Waals surface area contributed by atoms with Crippen LogP contribution in [0.1, 0.15) is 0 Å². The Morgan fingerprint density at radius 1 is 0.850 bits per heavy atom. The molecule has 1 aromatic heterocycles. The Hall–Kier alpha value is -2.75. The summed E-state index contributed by atoms with van der Waals surface area (Å²) < 4.78 is 14.2. The quantitative estimate of drug-likeness (QED) is 0.724. The van der Waals surface area contributed by atoms with Crippen LogP contribution in [0.15, 0.2) is 65.5 Å². The number of nitrogens with zero attached hydrogens (tertiary/aromatic N) is 1. The highest BCUT2D eigenvalue weighted by molar-refractivity contribution is 5.64. The lowest BCUT2D eigenvalue weighted by molar-refractivity contribution is 0.583. The van der Waals surface area contributed by atoms with Gasteiger partial charge in [-0.2, -0.15) is 4.39 Å². The zero-order chi connectivity index (χ0) is 13.9. The van der Waals surface area contributed by atoms with Gasteiger partial charge in [-0.25, -0.2) is 4.98 Å². The summed E-state index contributed by atoms with van der Waals surface area (Å²) in [4.78, 5) is 18.6. The lowest BCUT2D eigenvalue weighted by Gasteiger charge is -2.05. The van der Waals surface area contributed by atoms with Gasteiger partial charge in [-0.05, 0) is 5.56 Å². The summed E-state index contributed by atoms with van der Waals surface area (Å²) in [5.74, 6) is -0.536. The summed E-state index contributed by atoms with van der Waals surface area (Å²) in [5, 5.41) is 0. The van der Waals surface area contributed by atoms with Crippen molar-refractivity contribution in [1.82, 2.24) is 9.97 Å². The second-order valence-corrected chi connectivity index (χ2v) is 4.31. The smallest absolute Gasteiger partial charge is 0.262 e. The minimum absolute atomic E-state index is 0.0368. The van der Waals surface area contributed by atoms with Crippen molar-refractivity contribution in [2.45, 2.75) is 0 Å². The lowest BCUT2D eigenvalue weighted by atomic mass is 10.1. The third kappa shape index (κ3) is 2.23. The van der Waals surface area contributed by atoms with E-state index in [0.29, 0.717) is 11.1 Å². The summed E-state index contributed by atoms with van der Waals surface area (Å²) in [5.41, 5.74) is 0.661. The van der Waals surface area contributed by atoms with Crippen LogP contribution in [0, 0.1) is 5.95 Å². The first-order valence-electron chi connectivity index (χ1n) is 6.16. The highest BCUT2D eigenvalue weighted by Gasteiger charge is 2.13. The molecule has 1 N–H and O–H groups in total. The number of aromatic nitrogens is 2. The summed E-state index contributed by atoms with van der Waals surface area (Å²) in [6.07, 6.45) is 0. The van der Waals surface area contributed by atoms with Crippen molar-refractivity contribution in [2.75, 3.05) is 0 Å². The molecule has 0 spiro atoms. The topological polar surface area (TPSA) is 45.8 Å². The molecule has 2 aromatic carbocycles. The molecule has 0 amide bonds. The standard InChI is InChI=1S/C16H11FN2O/c17-14-13(11-7-3-1-4-8-11)16(20)19-15(18-14)12-9-5-2-6-10-12/h1-10H,(H,18,19,20). The predicted octanol–water partition coefficient (Wildman–Crippen LogP) is 3.24. The molecule has 0 aliphatic carbocycles. The van der Waals surface area contributed by atoms with Crippen molar-refractivity contribution in [3.63, 3.8) is 0 Å². The van der Waals surface area contributed by atoms with Crippen LogP contribution in [0.5, 0.6) is 0 Å². The highest BCUT2D eigenvalue weighted by atomic mass is 19.1. The van der Waals surface area contributed by atoms with E-state index >= 15 is 0 Å². The van der Waals surface area contributed by atoms with E-state index in [1.807, 2.05) is 6.07 Å². The van der Waals surface area contributed by atoms with E-state index in [4.69, 9.17) is 0 Å². The molecule has 0 atom stereocenters. The zero-order valence-corrected chi connectivity index (χ0v) is 10.5. The summed E-state index contributed by atoms with van der Waals surface area (Å²) in [6.45, 7) is 0. The first-order valence-corrected chi connectivity index (χ1v) is 6.16.